The molecule has 45 heavy (non-hydrogen) atoms. The third kappa shape index (κ3) is 4.57. The van der Waals surface area contributed by atoms with Crippen LogP contribution in [0.4, 0.5) is 10.8 Å². The Morgan fingerprint density at radius 2 is 1.76 bits per heavy atom. The monoisotopic (exact) mass is 632 g/mol. The molecule has 7 N–H and O–H groups in total. The second-order valence-corrected chi connectivity index (χ2v) is 12.6. The summed E-state index contributed by atoms with van der Waals surface area (Å²) in [6.45, 7) is 1.75. The molecule has 1 heterocycles. The highest BCUT2D eigenvalue weighted by Gasteiger charge is 2.60. The Labute approximate surface area is 262 Å². The summed E-state index contributed by atoms with van der Waals surface area (Å²) in [6, 6.07) is 9.64. The largest absolute Gasteiger partial charge is 0.510 e. The van der Waals surface area contributed by atoms with Gasteiger partial charge >= 0.3 is 0 Å². The number of Topliss-reactive ketones (excluding diaryl/α,β-unsaturated/α-hetero) is 2. The number of carbonyl (C=O) groups excluding carboxylic acids is 3. The number of carbonyl (C=O) groups is 3. The number of phenolic OH excluding ortho intramolecular Hbond substituents is 1. The lowest BCUT2D eigenvalue weighted by molar-refractivity contribution is -0.143. The van der Waals surface area contributed by atoms with Gasteiger partial charge < -0.3 is 36.2 Å². The number of anilines is 2. The number of nitrogens with zero attached hydrogens (tertiary/aromatic N) is 2. The summed E-state index contributed by atoms with van der Waals surface area (Å²) >= 11 is 1.30. The van der Waals surface area contributed by atoms with Gasteiger partial charge in [-0.25, -0.2) is 4.98 Å². The lowest BCUT2D eigenvalue weighted by Gasteiger charge is -2.50. The molecule has 3 aromatic rings. The molecule has 0 bridgehead atoms. The number of likely N-dealkylation sites (N-methyl/N-ethyl adjacent to an activating group) is 1. The van der Waals surface area contributed by atoms with E-state index in [1.807, 2.05) is 29.6 Å². The van der Waals surface area contributed by atoms with Crippen LogP contribution in [-0.2, 0) is 14.4 Å². The van der Waals surface area contributed by atoms with Crippen molar-refractivity contribution in [1.29, 1.82) is 0 Å². The predicted molar refractivity (Wildman–Crippen MR) is 166 cm³/mol. The van der Waals surface area contributed by atoms with Crippen molar-refractivity contribution >= 4 is 45.4 Å². The second kappa shape index (κ2) is 11.0. The summed E-state index contributed by atoms with van der Waals surface area (Å²) in [5, 5.41) is 51.0. The molecule has 1 aromatic heterocycles. The molecule has 6 unspecified atom stereocenters. The topological polar surface area (TPSA) is 196 Å². The molecule has 1 saturated carbocycles. The Hall–Kier alpha value is -4.72. The average molecular weight is 633 g/mol. The molecule has 6 rings (SSSR count). The number of nitrogens with one attached hydrogen (secondary N) is 1. The minimum Gasteiger partial charge on any atom is -0.510 e. The second-order valence-electron chi connectivity index (χ2n) is 11.7. The van der Waals surface area contributed by atoms with Gasteiger partial charge in [-0.05, 0) is 55.9 Å². The molecule has 234 valence electrons. The van der Waals surface area contributed by atoms with Crippen LogP contribution < -0.4 is 15.8 Å². The summed E-state index contributed by atoms with van der Waals surface area (Å²) in [4.78, 5) is 45.8. The maximum absolute atomic E-state index is 14.1. The van der Waals surface area contributed by atoms with Crippen LogP contribution in [0, 0.1) is 17.8 Å². The van der Waals surface area contributed by atoms with Gasteiger partial charge in [0.2, 0.25) is 0 Å². The predicted octanol–water partition coefficient (Wildman–Crippen LogP) is 3.26. The molecule has 12 nitrogen and oxygen atoms in total. The molecule has 0 saturated heterocycles. The number of aromatic hydroxyl groups is 1. The summed E-state index contributed by atoms with van der Waals surface area (Å²) in [6.07, 6.45) is -1.38. The number of nitrogens with two attached hydrogens (primary N) is 1. The normalized spacial score (nSPS) is 26.0. The number of aliphatic hydroxyl groups excluding tert-OH is 3. The van der Waals surface area contributed by atoms with E-state index in [4.69, 9.17) is 10.5 Å². The highest BCUT2D eigenvalue weighted by molar-refractivity contribution is 7.14. The van der Waals surface area contributed by atoms with Gasteiger partial charge in [-0.15, -0.1) is 11.3 Å². The lowest BCUT2D eigenvalue weighted by atomic mass is 9.56. The van der Waals surface area contributed by atoms with Crippen molar-refractivity contribution in [3.63, 3.8) is 0 Å². The van der Waals surface area contributed by atoms with E-state index in [0.29, 0.717) is 22.1 Å². The third-order valence-electron chi connectivity index (χ3n) is 9.12. The van der Waals surface area contributed by atoms with Crippen molar-refractivity contribution in [3.05, 3.63) is 69.8 Å². The number of hydrogen-bond acceptors (Lipinski definition) is 12. The fourth-order valence-corrected chi connectivity index (χ4v) is 7.78. The maximum Gasteiger partial charge on any atom is 0.255 e. The van der Waals surface area contributed by atoms with Crippen molar-refractivity contribution < 1.29 is 39.5 Å². The van der Waals surface area contributed by atoms with Crippen LogP contribution in [0.15, 0.2) is 58.7 Å². The molecular weight excluding hydrogens is 600 g/mol. The van der Waals surface area contributed by atoms with E-state index in [0.717, 1.165) is 5.56 Å². The van der Waals surface area contributed by atoms with Crippen LogP contribution in [0.25, 0.3) is 17.0 Å². The van der Waals surface area contributed by atoms with Crippen molar-refractivity contribution in [2.24, 2.45) is 23.5 Å². The fraction of sp³-hybridized carbons (Fsp3) is 0.312. The molecule has 6 atom stereocenters. The molecular formula is C32H32N4O8S. The van der Waals surface area contributed by atoms with Crippen molar-refractivity contribution in [2.45, 2.75) is 25.0 Å². The Bertz CT molecular complexity index is 1810. The van der Waals surface area contributed by atoms with Gasteiger partial charge in [-0.2, -0.15) is 0 Å². The molecule has 2 aromatic carbocycles. The summed E-state index contributed by atoms with van der Waals surface area (Å²) < 4.78 is 5.21. The molecule has 0 spiro atoms. The van der Waals surface area contributed by atoms with E-state index in [9.17, 15) is 34.8 Å². The Morgan fingerprint density at radius 1 is 1.07 bits per heavy atom. The minimum atomic E-state index is -1.58. The highest BCUT2D eigenvalue weighted by Crippen LogP contribution is 2.55. The first-order chi connectivity index (χ1) is 21.4. The van der Waals surface area contributed by atoms with Crippen molar-refractivity contribution in [3.8, 4) is 22.8 Å². The minimum absolute atomic E-state index is 0.00869. The zero-order chi connectivity index (χ0) is 32.5. The number of ether oxygens (including phenoxy) is 1. The van der Waals surface area contributed by atoms with E-state index in [1.54, 1.807) is 40.3 Å². The fourth-order valence-electron chi connectivity index (χ4n) is 7.05. The van der Waals surface area contributed by atoms with Gasteiger partial charge in [-0.3, -0.25) is 19.3 Å². The molecule has 3 aliphatic carbocycles. The van der Waals surface area contributed by atoms with Gasteiger partial charge in [-0.1, -0.05) is 13.0 Å². The quantitative estimate of drug-likeness (QED) is 0.133. The molecule has 3 aliphatic rings. The SMILES string of the molecule is COc1ccc(-c2csc(Nc3ccc4c(c3O)C(O)=C3C(=O)C5C(=O)C(C(N)=O)=C(O)C(N(C)C)C5C(O)C3C4C)n2)cc1. The van der Waals surface area contributed by atoms with Crippen LogP contribution in [0.2, 0.25) is 0 Å². The maximum atomic E-state index is 14.1. The first kappa shape index (κ1) is 30.3. The van der Waals surface area contributed by atoms with E-state index < -0.39 is 70.4 Å². The van der Waals surface area contributed by atoms with Gasteiger partial charge in [0, 0.05) is 28.4 Å². The number of hydrogen-bond donors (Lipinski definition) is 6. The number of thiazole rings is 1. The average Bonchev–Trinajstić information content (AvgIpc) is 3.46. The zero-order valence-electron chi connectivity index (χ0n) is 24.8. The highest BCUT2D eigenvalue weighted by atomic mass is 32.1. The van der Waals surface area contributed by atoms with E-state index in [1.165, 1.54) is 16.2 Å². The Morgan fingerprint density at radius 3 is 2.38 bits per heavy atom. The number of phenols is 1. The third-order valence-corrected chi connectivity index (χ3v) is 9.88. The molecule has 0 radical (unpaired) electrons. The summed E-state index contributed by atoms with van der Waals surface area (Å²) in [5.74, 6) is -8.05. The molecule has 1 amide bonds. The van der Waals surface area contributed by atoms with Crippen LogP contribution in [-0.4, -0.2) is 81.1 Å². The number of rotatable bonds is 6. The zero-order valence-corrected chi connectivity index (χ0v) is 25.6. The number of ketones is 2. The number of primary amides is 1. The molecule has 0 aliphatic heterocycles. The van der Waals surface area contributed by atoms with Crippen LogP contribution in [0.3, 0.4) is 0 Å². The Balaban J connectivity index is 1.40. The van der Waals surface area contributed by atoms with Crippen LogP contribution in [0.1, 0.15) is 24.0 Å². The smallest absolute Gasteiger partial charge is 0.255 e. The number of amides is 1. The number of aliphatic hydroxyl groups is 3. The Kier molecular flexibility index (Phi) is 7.42. The van der Waals surface area contributed by atoms with Gasteiger partial charge in [0.15, 0.2) is 16.7 Å². The van der Waals surface area contributed by atoms with Crippen LogP contribution in [0.5, 0.6) is 11.5 Å². The first-order valence-corrected chi connectivity index (χ1v) is 15.1. The van der Waals surface area contributed by atoms with Crippen LogP contribution >= 0.6 is 11.3 Å². The van der Waals surface area contributed by atoms with Gasteiger partial charge in [0.25, 0.3) is 5.91 Å². The molecule has 13 heteroatoms. The van der Waals surface area contributed by atoms with Gasteiger partial charge in [0.05, 0.1) is 42.1 Å². The number of methoxy groups -OCH3 is 1. The lowest BCUT2D eigenvalue weighted by Crippen LogP contribution is -2.61. The number of aromatic nitrogens is 1. The summed E-state index contributed by atoms with van der Waals surface area (Å²) in [7, 11) is 4.75. The molecule has 1 fully saturated rings. The summed E-state index contributed by atoms with van der Waals surface area (Å²) in [5.41, 5.74) is 6.75. The van der Waals surface area contributed by atoms with E-state index >= 15 is 0 Å². The van der Waals surface area contributed by atoms with Crippen molar-refractivity contribution in [1.82, 2.24) is 9.88 Å². The number of fused-ring (bicyclic) bond motifs is 3. The standard InChI is InChI=1S/C32H32N4O8S/c1-12-15-9-10-16(34-32-35-17(11-45-32)13-5-7-14(44-4)8-6-13)25(37)19(15)27(39)21-18(12)26(38)20-22(28(21)40)29(41)23(31(33)43)30(42)24(20)36(2)3/h5-12,18,20,22,24,26,37-39,42H,1-4H3,(H2,33,43)(H,34,35). The van der Waals surface area contributed by atoms with E-state index in [-0.39, 0.29) is 22.6 Å². The first-order valence-electron chi connectivity index (χ1n) is 14.2. The van der Waals surface area contributed by atoms with Gasteiger partial charge in [0.1, 0.15) is 28.6 Å². The van der Waals surface area contributed by atoms with Crippen molar-refractivity contribution in [2.75, 3.05) is 26.5 Å². The van der Waals surface area contributed by atoms with E-state index in [2.05, 4.69) is 10.3 Å². The number of benzene rings is 2.